The third-order valence-corrected chi connectivity index (χ3v) is 3.23. The predicted molar refractivity (Wildman–Crippen MR) is 62.4 cm³/mol. The maximum atomic E-state index is 13.6. The van der Waals surface area contributed by atoms with Crippen molar-refractivity contribution in [2.24, 2.45) is 11.7 Å². The van der Waals surface area contributed by atoms with E-state index in [2.05, 4.69) is 0 Å². The Morgan fingerprint density at radius 1 is 1.53 bits per heavy atom. The van der Waals surface area contributed by atoms with Crippen molar-refractivity contribution in [3.05, 3.63) is 34.6 Å². The van der Waals surface area contributed by atoms with Gasteiger partial charge in [0, 0.05) is 12.5 Å². The molecule has 2 unspecified atom stereocenters. The van der Waals surface area contributed by atoms with Gasteiger partial charge in [-0.2, -0.15) is 0 Å². The smallest absolute Gasteiger partial charge is 0.145 e. The molecule has 0 amide bonds. The molecule has 1 aromatic rings. The summed E-state index contributed by atoms with van der Waals surface area (Å²) in [6, 6.07) is 4.35. The van der Waals surface area contributed by atoms with Crippen molar-refractivity contribution in [3.63, 3.8) is 0 Å². The minimum atomic E-state index is -0.532. The van der Waals surface area contributed by atoms with Gasteiger partial charge in [0.1, 0.15) is 11.6 Å². The van der Waals surface area contributed by atoms with E-state index >= 15 is 0 Å². The summed E-state index contributed by atoms with van der Waals surface area (Å²) in [5, 5.41) is 0.0299. The molecule has 2 rings (SSSR count). The number of Topliss-reactive ketones (excluding diaryl/α,β-unsaturated/α-hetero) is 1. The second-order valence-corrected chi connectivity index (χ2v) is 4.57. The molecule has 2 atom stereocenters. The zero-order chi connectivity index (χ0) is 12.4. The minimum Gasteiger partial charge on any atom is -0.379 e. The Kier molecular flexibility index (Phi) is 3.76. The van der Waals surface area contributed by atoms with Crippen LogP contribution in [0.4, 0.5) is 4.39 Å². The predicted octanol–water partition coefficient (Wildman–Crippen LogP) is 1.56. The topological polar surface area (TPSA) is 52.3 Å². The number of carbonyl (C=O) groups is 1. The average molecular weight is 258 g/mol. The normalized spacial score (nSPS) is 23.9. The van der Waals surface area contributed by atoms with Crippen LogP contribution in [0.5, 0.6) is 0 Å². The van der Waals surface area contributed by atoms with Gasteiger partial charge in [0.05, 0.1) is 24.2 Å². The lowest BCUT2D eigenvalue weighted by atomic mass is 9.94. The lowest BCUT2D eigenvalue weighted by Crippen LogP contribution is -2.35. The van der Waals surface area contributed by atoms with E-state index in [0.717, 1.165) is 0 Å². The van der Waals surface area contributed by atoms with E-state index in [1.54, 1.807) is 12.1 Å². The number of hydrogen-bond acceptors (Lipinski definition) is 3. The third-order valence-electron chi connectivity index (χ3n) is 2.93. The van der Waals surface area contributed by atoms with E-state index in [1.165, 1.54) is 6.07 Å². The largest absolute Gasteiger partial charge is 0.379 e. The molecule has 0 aliphatic carbocycles. The Balaban J connectivity index is 2.10. The maximum Gasteiger partial charge on any atom is 0.145 e. The van der Waals surface area contributed by atoms with E-state index in [4.69, 9.17) is 22.1 Å². The van der Waals surface area contributed by atoms with E-state index in [9.17, 15) is 9.18 Å². The molecule has 17 heavy (non-hydrogen) atoms. The Bertz CT molecular complexity index is 439. The van der Waals surface area contributed by atoms with E-state index < -0.39 is 5.82 Å². The van der Waals surface area contributed by atoms with Gasteiger partial charge in [-0.05, 0) is 11.6 Å². The number of rotatable bonds is 3. The fourth-order valence-electron chi connectivity index (χ4n) is 1.91. The van der Waals surface area contributed by atoms with Crippen molar-refractivity contribution in [2.75, 3.05) is 13.2 Å². The van der Waals surface area contributed by atoms with Crippen LogP contribution in [0.25, 0.3) is 0 Å². The van der Waals surface area contributed by atoms with E-state index in [-0.39, 0.29) is 29.2 Å². The first-order chi connectivity index (χ1) is 8.09. The molecule has 0 bridgehead atoms. The Hall–Kier alpha value is -0.970. The van der Waals surface area contributed by atoms with Gasteiger partial charge in [0.15, 0.2) is 0 Å². The fourth-order valence-corrected chi connectivity index (χ4v) is 2.10. The van der Waals surface area contributed by atoms with Gasteiger partial charge < -0.3 is 10.5 Å². The summed E-state index contributed by atoms with van der Waals surface area (Å²) in [5.74, 6) is -0.973. The molecule has 0 spiro atoms. The molecular formula is C12H13ClFNO2. The van der Waals surface area contributed by atoms with Crippen molar-refractivity contribution in [3.8, 4) is 0 Å². The van der Waals surface area contributed by atoms with Crippen LogP contribution in [0.2, 0.25) is 5.02 Å². The average Bonchev–Trinajstić information content (AvgIpc) is 2.71. The molecule has 5 heteroatoms. The Labute approximate surface area is 104 Å². The number of hydrogen-bond donors (Lipinski definition) is 1. The number of halogens is 2. The highest BCUT2D eigenvalue weighted by molar-refractivity contribution is 6.30. The first kappa shape index (κ1) is 12.5. The first-order valence-electron chi connectivity index (χ1n) is 5.38. The quantitative estimate of drug-likeness (QED) is 0.894. The van der Waals surface area contributed by atoms with Gasteiger partial charge in [0.25, 0.3) is 0 Å². The van der Waals surface area contributed by atoms with Crippen LogP contribution in [0, 0.1) is 11.7 Å². The molecule has 1 heterocycles. The van der Waals surface area contributed by atoms with Crippen molar-refractivity contribution >= 4 is 17.4 Å². The molecule has 0 aromatic heterocycles. The molecule has 3 nitrogen and oxygen atoms in total. The number of ether oxygens (including phenoxy) is 1. The minimum absolute atomic E-state index is 0.00806. The lowest BCUT2D eigenvalue weighted by Gasteiger charge is -2.12. The summed E-state index contributed by atoms with van der Waals surface area (Å²) in [6.07, 6.45) is 0.00806. The third kappa shape index (κ3) is 2.65. The summed E-state index contributed by atoms with van der Waals surface area (Å²) < 4.78 is 18.7. The Morgan fingerprint density at radius 3 is 2.94 bits per heavy atom. The van der Waals surface area contributed by atoms with Crippen LogP contribution in [0.15, 0.2) is 18.2 Å². The summed E-state index contributed by atoms with van der Waals surface area (Å²) in [5.41, 5.74) is 6.04. The number of benzene rings is 1. The standard InChI is InChI=1S/C12H13ClFNO2/c13-9-3-1-2-7(12(9)14)4-11(16)8-5-17-6-10(8)15/h1-3,8,10H,4-6,15H2. The molecule has 0 radical (unpaired) electrons. The molecule has 1 aromatic carbocycles. The summed E-state index contributed by atoms with van der Waals surface area (Å²) in [4.78, 5) is 11.9. The second kappa shape index (κ2) is 5.12. The fraction of sp³-hybridized carbons (Fsp3) is 0.417. The SMILES string of the molecule is NC1COCC1C(=O)Cc1cccc(Cl)c1F. The van der Waals surface area contributed by atoms with Crippen LogP contribution < -0.4 is 5.73 Å². The Morgan fingerprint density at radius 2 is 2.29 bits per heavy atom. The van der Waals surface area contributed by atoms with Crippen LogP contribution >= 0.6 is 11.6 Å². The highest BCUT2D eigenvalue weighted by Crippen LogP contribution is 2.21. The van der Waals surface area contributed by atoms with Gasteiger partial charge in [-0.15, -0.1) is 0 Å². The van der Waals surface area contributed by atoms with Crippen LogP contribution in [-0.4, -0.2) is 25.0 Å². The van der Waals surface area contributed by atoms with E-state index in [1.807, 2.05) is 0 Å². The zero-order valence-corrected chi connectivity index (χ0v) is 9.91. The van der Waals surface area contributed by atoms with Crippen LogP contribution in [0.3, 0.4) is 0 Å². The number of carbonyl (C=O) groups excluding carboxylic acids is 1. The second-order valence-electron chi connectivity index (χ2n) is 4.16. The number of nitrogens with two attached hydrogens (primary N) is 1. The molecule has 1 saturated heterocycles. The van der Waals surface area contributed by atoms with E-state index in [0.29, 0.717) is 18.8 Å². The van der Waals surface area contributed by atoms with Crippen LogP contribution in [-0.2, 0) is 16.0 Å². The highest BCUT2D eigenvalue weighted by Gasteiger charge is 2.31. The number of ketones is 1. The van der Waals surface area contributed by atoms with Crippen molar-refractivity contribution in [1.82, 2.24) is 0 Å². The molecule has 1 aliphatic rings. The lowest BCUT2D eigenvalue weighted by molar-refractivity contribution is -0.122. The van der Waals surface area contributed by atoms with Gasteiger partial charge in [-0.1, -0.05) is 23.7 Å². The molecule has 2 N–H and O–H groups in total. The molecule has 1 aliphatic heterocycles. The van der Waals surface area contributed by atoms with Crippen LogP contribution in [0.1, 0.15) is 5.56 Å². The highest BCUT2D eigenvalue weighted by atomic mass is 35.5. The van der Waals surface area contributed by atoms with Crippen molar-refractivity contribution < 1.29 is 13.9 Å². The zero-order valence-electron chi connectivity index (χ0n) is 9.16. The van der Waals surface area contributed by atoms with Gasteiger partial charge in [-0.25, -0.2) is 4.39 Å². The van der Waals surface area contributed by atoms with Gasteiger partial charge in [0.2, 0.25) is 0 Å². The summed E-state index contributed by atoms with van der Waals surface area (Å²) >= 11 is 5.65. The molecule has 0 saturated carbocycles. The maximum absolute atomic E-state index is 13.6. The van der Waals surface area contributed by atoms with Crippen molar-refractivity contribution in [1.29, 1.82) is 0 Å². The first-order valence-corrected chi connectivity index (χ1v) is 5.76. The van der Waals surface area contributed by atoms with Gasteiger partial charge >= 0.3 is 0 Å². The van der Waals surface area contributed by atoms with Crippen molar-refractivity contribution in [2.45, 2.75) is 12.5 Å². The molecule has 92 valence electrons. The monoisotopic (exact) mass is 257 g/mol. The summed E-state index contributed by atoms with van der Waals surface area (Å²) in [6.45, 7) is 0.705. The molecular weight excluding hydrogens is 245 g/mol. The van der Waals surface area contributed by atoms with Gasteiger partial charge in [-0.3, -0.25) is 4.79 Å². The molecule has 1 fully saturated rings. The summed E-state index contributed by atoms with van der Waals surface area (Å²) in [7, 11) is 0.